The van der Waals surface area contributed by atoms with Crippen LogP contribution in [-0.4, -0.2) is 257 Å². The van der Waals surface area contributed by atoms with Gasteiger partial charge in [-0.05, 0) is 87.6 Å². The second-order valence-electron chi connectivity index (χ2n) is 32.5. The number of carboxylic acid groups (broad SMARTS) is 1. The summed E-state index contributed by atoms with van der Waals surface area (Å²) < 4.78 is 79.5. The van der Waals surface area contributed by atoms with Crippen molar-refractivity contribution < 1.29 is 100 Å². The van der Waals surface area contributed by atoms with Crippen LogP contribution in [0.25, 0.3) is 0 Å². The van der Waals surface area contributed by atoms with Crippen molar-refractivity contribution in [3.63, 3.8) is 0 Å². The molecule has 5 amide bonds. The van der Waals surface area contributed by atoms with Crippen LogP contribution in [0.4, 0.5) is 5.69 Å². The first-order valence-corrected chi connectivity index (χ1v) is 48.6. The Morgan fingerprint density at radius 3 is 1.19 bits per heavy atom. The maximum absolute atomic E-state index is 13.8. The number of nitrogens with two attached hydrogens (primary N) is 1. The van der Waals surface area contributed by atoms with E-state index in [1.54, 1.807) is 42.5 Å². The first kappa shape index (κ1) is 113. The number of hydrogen-bond acceptors (Lipinski definition) is 21. The van der Waals surface area contributed by atoms with Crippen LogP contribution in [0.5, 0.6) is 0 Å². The molecule has 0 heterocycles. The molecule has 124 heavy (non-hydrogen) atoms. The molecule has 1 saturated carbocycles. The maximum Gasteiger partial charge on any atom is 0.305 e. The second-order valence-corrected chi connectivity index (χ2v) is 33.3. The third-order valence-corrected chi connectivity index (χ3v) is 22.4. The zero-order valence-corrected chi connectivity index (χ0v) is 77.9. The number of unbranched alkanes of at least 4 members (excludes halogenated alkanes) is 26. The number of benzene rings is 2. The molecule has 2 aromatic rings. The van der Waals surface area contributed by atoms with E-state index in [2.05, 4.69) is 40.4 Å². The molecule has 3 rings (SSSR count). The van der Waals surface area contributed by atoms with Gasteiger partial charge in [0.2, 0.25) is 23.6 Å². The summed E-state index contributed by atoms with van der Waals surface area (Å²) in [6.07, 6.45) is 43.4. The van der Waals surface area contributed by atoms with Crippen molar-refractivity contribution in [1.29, 1.82) is 0 Å². The normalized spacial score (nSPS) is 13.3. The van der Waals surface area contributed by atoms with Crippen molar-refractivity contribution in [2.45, 2.75) is 295 Å². The number of ether oxygens (including phenoxy) is 14. The highest BCUT2D eigenvalue weighted by molar-refractivity contribution is 6.40. The second kappa shape index (κ2) is 82.6. The SMILES string of the molecule is CCCCCCCCCCCCCCCCOCC(CC(N)CCCNC(=O)CCC(=O)NCCOCCOCCOCCOCCOCCOCCOCCOCCOCCOCCOCCOCCC(=O)NCCC1(C(=O)N[C@H](CC(=O)O)Cc2ccc(NC(=O)c3c(Cl)cccc3Cl)cc2)CCCC1)OCCCCCCCCCCCCCCCC. The van der Waals surface area contributed by atoms with Crippen LogP contribution in [0, 0.1) is 5.41 Å². The number of carbonyl (C=O) groups is 6. The molecule has 0 aliphatic heterocycles. The number of carboxylic acids is 1. The minimum absolute atomic E-state index is 0.0305. The molecule has 1 fully saturated rings. The highest BCUT2D eigenvalue weighted by atomic mass is 35.5. The van der Waals surface area contributed by atoms with Gasteiger partial charge in [0.05, 0.1) is 199 Å². The Labute approximate surface area is 755 Å². The Morgan fingerprint density at radius 1 is 0.411 bits per heavy atom. The van der Waals surface area contributed by atoms with E-state index in [4.69, 9.17) is 95.3 Å². The van der Waals surface area contributed by atoms with E-state index in [9.17, 15) is 33.9 Å². The van der Waals surface area contributed by atoms with E-state index in [0.29, 0.717) is 203 Å². The number of anilines is 1. The highest BCUT2D eigenvalue weighted by Crippen LogP contribution is 2.41. The Bertz CT molecular complexity index is 2860. The van der Waals surface area contributed by atoms with Gasteiger partial charge in [0.25, 0.3) is 5.91 Å². The number of hydrogen-bond donors (Lipinski definition) is 7. The van der Waals surface area contributed by atoms with Gasteiger partial charge in [-0.25, -0.2) is 0 Å². The van der Waals surface area contributed by atoms with Gasteiger partial charge in [0.1, 0.15) is 0 Å². The molecule has 3 atom stereocenters. The summed E-state index contributed by atoms with van der Waals surface area (Å²) in [6.45, 7) is 17.6. The van der Waals surface area contributed by atoms with Gasteiger partial charge in [0.15, 0.2) is 0 Å². The highest BCUT2D eigenvalue weighted by Gasteiger charge is 2.41. The molecule has 1 aliphatic carbocycles. The molecule has 1 aliphatic rings. The summed E-state index contributed by atoms with van der Waals surface area (Å²) in [5.41, 5.74) is 7.36. The zero-order chi connectivity index (χ0) is 89.2. The predicted octanol–water partition coefficient (Wildman–Crippen LogP) is 16.3. The third kappa shape index (κ3) is 66.6. The number of amides is 5. The molecule has 29 heteroatoms. The van der Waals surface area contributed by atoms with Crippen molar-refractivity contribution >= 4 is 64.4 Å². The zero-order valence-electron chi connectivity index (χ0n) is 76.4. The lowest BCUT2D eigenvalue weighted by Gasteiger charge is -2.30. The number of carbonyl (C=O) groups excluding carboxylic acids is 5. The van der Waals surface area contributed by atoms with Crippen molar-refractivity contribution in [2.75, 3.05) is 203 Å². The van der Waals surface area contributed by atoms with Crippen LogP contribution in [0.2, 0.25) is 10.0 Å². The van der Waals surface area contributed by atoms with Gasteiger partial charge < -0.3 is 104 Å². The molecule has 0 bridgehead atoms. The molecule has 0 radical (unpaired) electrons. The van der Waals surface area contributed by atoms with Gasteiger partial charge in [-0.15, -0.1) is 0 Å². The van der Waals surface area contributed by atoms with Crippen molar-refractivity contribution in [1.82, 2.24) is 21.3 Å². The molecule has 2 aromatic carbocycles. The summed E-state index contributed by atoms with van der Waals surface area (Å²) >= 11 is 12.4. The lowest BCUT2D eigenvalue weighted by atomic mass is 9.81. The molecular weight excluding hydrogens is 1630 g/mol. The fourth-order valence-electron chi connectivity index (χ4n) is 14.6. The molecule has 716 valence electrons. The van der Waals surface area contributed by atoms with Crippen molar-refractivity contribution in [3.8, 4) is 0 Å². The number of rotatable bonds is 92. The van der Waals surface area contributed by atoms with E-state index in [1.807, 2.05) is 0 Å². The first-order chi connectivity index (χ1) is 60.7. The van der Waals surface area contributed by atoms with Gasteiger partial charge >= 0.3 is 5.97 Å². The van der Waals surface area contributed by atoms with Crippen LogP contribution in [-0.2, 0) is 96.7 Å². The van der Waals surface area contributed by atoms with Crippen molar-refractivity contribution in [3.05, 3.63) is 63.6 Å². The quantitative estimate of drug-likeness (QED) is 0.0303. The van der Waals surface area contributed by atoms with E-state index in [0.717, 1.165) is 63.7 Å². The summed E-state index contributed by atoms with van der Waals surface area (Å²) in [4.78, 5) is 76.2. The molecule has 0 aromatic heterocycles. The Balaban J connectivity index is 1.02. The summed E-state index contributed by atoms with van der Waals surface area (Å²) in [6, 6.07) is 11.0. The monoisotopic (exact) mass is 1800 g/mol. The lowest BCUT2D eigenvalue weighted by Crippen LogP contribution is -2.47. The average molecular weight is 1800 g/mol. The van der Waals surface area contributed by atoms with Crippen LogP contribution >= 0.6 is 23.2 Å². The molecule has 8 N–H and O–H groups in total. The van der Waals surface area contributed by atoms with Crippen LogP contribution < -0.4 is 32.3 Å². The minimum atomic E-state index is -1.04. The van der Waals surface area contributed by atoms with E-state index in [1.165, 1.54) is 167 Å². The van der Waals surface area contributed by atoms with Gasteiger partial charge in [0, 0.05) is 69.9 Å². The molecular formula is C95H166Cl2N6O21. The van der Waals surface area contributed by atoms with Gasteiger partial charge in [-0.3, -0.25) is 28.8 Å². The summed E-state index contributed by atoms with van der Waals surface area (Å²) in [5, 5.41) is 24.6. The van der Waals surface area contributed by atoms with Crippen LogP contribution in [0.3, 0.4) is 0 Å². The third-order valence-electron chi connectivity index (χ3n) is 21.8. The number of halogens is 2. The fraction of sp³-hybridized carbons (Fsp3) is 0.811. The number of nitrogens with one attached hydrogen (secondary N) is 5. The van der Waals surface area contributed by atoms with Crippen molar-refractivity contribution in [2.24, 2.45) is 11.1 Å². The molecule has 0 spiro atoms. The fourth-order valence-corrected chi connectivity index (χ4v) is 15.1. The van der Waals surface area contributed by atoms with E-state index >= 15 is 0 Å². The van der Waals surface area contributed by atoms with Crippen LogP contribution in [0.15, 0.2) is 42.5 Å². The van der Waals surface area contributed by atoms with Gasteiger partial charge in [-0.1, -0.05) is 235 Å². The van der Waals surface area contributed by atoms with Crippen LogP contribution in [0.1, 0.15) is 287 Å². The Kier molecular flexibility index (Phi) is 75.6. The Hall–Kier alpha value is -4.76. The first-order valence-electron chi connectivity index (χ1n) is 47.8. The summed E-state index contributed by atoms with van der Waals surface area (Å²) in [7, 11) is 0. The molecule has 0 saturated heterocycles. The standard InChI is InChI=1S/C95H166Cl2N6O21/c1-3-5-7-9-11-13-15-17-19-21-23-25-27-31-51-123-80-85(124-52-32-28-26-24-22-20-18-16-14-12-10-8-6-4-2)78-82(98)35-34-48-99-88(104)42-43-89(105)101-50-54-112-56-58-114-60-62-116-64-66-118-68-70-120-72-74-122-76-75-121-73-71-119-69-67-117-65-63-115-61-59-113-57-55-111-53-44-90(106)100-49-47-95(45-29-30-46-95)94(110)103-84(79-91(107)108)77-81-38-40-83(41-39-81)102-93(109)92-86(96)36-33-37-87(92)97/h33,36-41,82,84-85H,3-32,34-35,42-80,98H2,1-2H3,(H,99,104)(H,100,106)(H,101,105)(H,102,109)(H,103,110)(H,107,108)/t82?,84-,85?/m0/s1. The van der Waals surface area contributed by atoms with E-state index < -0.39 is 23.3 Å². The molecule has 27 nitrogen and oxygen atoms in total. The number of aliphatic carboxylic acids is 1. The van der Waals surface area contributed by atoms with E-state index in [-0.39, 0.29) is 90.1 Å². The maximum atomic E-state index is 13.8. The lowest BCUT2D eigenvalue weighted by molar-refractivity contribution is -0.138. The minimum Gasteiger partial charge on any atom is -0.481 e. The predicted molar refractivity (Wildman–Crippen MR) is 490 cm³/mol. The summed E-state index contributed by atoms with van der Waals surface area (Å²) in [5.74, 6) is -2.25. The molecule has 2 unspecified atom stereocenters. The van der Waals surface area contributed by atoms with Gasteiger partial charge in [-0.2, -0.15) is 0 Å². The Morgan fingerprint density at radius 2 is 0.774 bits per heavy atom. The topological polar surface area (TPSA) is 338 Å². The average Bonchev–Trinajstić information content (AvgIpc) is 1.62. The smallest absolute Gasteiger partial charge is 0.305 e. The largest absolute Gasteiger partial charge is 0.481 e.